The summed E-state index contributed by atoms with van der Waals surface area (Å²) < 4.78 is 0. The summed E-state index contributed by atoms with van der Waals surface area (Å²) in [5.41, 5.74) is 0. The summed E-state index contributed by atoms with van der Waals surface area (Å²) in [6.45, 7) is 5.11. The van der Waals surface area contributed by atoms with Crippen LogP contribution in [0.25, 0.3) is 0 Å². The zero-order valence-electron chi connectivity index (χ0n) is 11.9. The highest BCUT2D eigenvalue weighted by atomic mass is 16.4. The van der Waals surface area contributed by atoms with Crippen LogP contribution in [0.3, 0.4) is 0 Å². The van der Waals surface area contributed by atoms with Crippen LogP contribution in [-0.4, -0.2) is 65.2 Å². The van der Waals surface area contributed by atoms with Crippen molar-refractivity contribution in [2.75, 3.05) is 26.2 Å². The van der Waals surface area contributed by atoms with Gasteiger partial charge >= 0.3 is 12.0 Å². The number of aliphatic carboxylic acids is 1. The molecule has 0 bridgehead atoms. The second kappa shape index (κ2) is 5.24. The summed E-state index contributed by atoms with van der Waals surface area (Å²) in [5, 5.41) is 12.1. The molecule has 3 heterocycles. The number of hydrogen-bond donors (Lipinski definition) is 2. The third kappa shape index (κ3) is 2.37. The fourth-order valence-electron chi connectivity index (χ4n) is 3.70. The van der Waals surface area contributed by atoms with Gasteiger partial charge in [0.1, 0.15) is 0 Å². The molecule has 0 aliphatic carbocycles. The Kier molecular flexibility index (Phi) is 3.58. The lowest BCUT2D eigenvalue weighted by Crippen LogP contribution is -2.58. The SMILES string of the molecule is CC(C(=O)O)C1CN(C(=O)NC2CCN3CCCC23)C1. The minimum atomic E-state index is -0.771. The van der Waals surface area contributed by atoms with Gasteiger partial charge in [-0.2, -0.15) is 0 Å². The molecule has 0 aromatic carbocycles. The van der Waals surface area contributed by atoms with Crippen LogP contribution >= 0.6 is 0 Å². The second-order valence-corrected chi connectivity index (χ2v) is 6.38. The molecule has 0 spiro atoms. The Morgan fingerprint density at radius 3 is 2.70 bits per heavy atom. The number of likely N-dealkylation sites (tertiary alicyclic amines) is 1. The van der Waals surface area contributed by atoms with Crippen LogP contribution in [0.1, 0.15) is 26.2 Å². The first-order valence-electron chi connectivity index (χ1n) is 7.58. The standard InChI is InChI=1S/C14H23N3O3/c1-9(13(18)19)10-7-17(8-10)14(20)15-11-4-6-16-5-2-3-12(11)16/h9-12H,2-8H2,1H3,(H,15,20)(H,18,19). The van der Waals surface area contributed by atoms with Crippen molar-refractivity contribution in [2.24, 2.45) is 11.8 Å². The topological polar surface area (TPSA) is 72.9 Å². The molecule has 112 valence electrons. The first kappa shape index (κ1) is 13.7. The number of carbonyl (C=O) groups is 2. The molecule has 3 atom stereocenters. The first-order chi connectivity index (χ1) is 9.56. The highest BCUT2D eigenvalue weighted by Crippen LogP contribution is 2.29. The van der Waals surface area contributed by atoms with Crippen LogP contribution in [0.2, 0.25) is 0 Å². The van der Waals surface area contributed by atoms with E-state index >= 15 is 0 Å². The largest absolute Gasteiger partial charge is 0.481 e. The molecule has 3 aliphatic heterocycles. The van der Waals surface area contributed by atoms with Gasteiger partial charge in [-0.05, 0) is 25.8 Å². The summed E-state index contributed by atoms with van der Waals surface area (Å²) >= 11 is 0. The average Bonchev–Trinajstić information content (AvgIpc) is 2.91. The first-order valence-corrected chi connectivity index (χ1v) is 7.58. The predicted octanol–water partition coefficient (Wildman–Crippen LogP) is 0.585. The van der Waals surface area contributed by atoms with Crippen LogP contribution < -0.4 is 5.32 Å². The third-order valence-corrected chi connectivity index (χ3v) is 5.21. The van der Waals surface area contributed by atoms with Crippen LogP contribution in [0.4, 0.5) is 4.79 Å². The van der Waals surface area contributed by atoms with Gasteiger partial charge in [-0.3, -0.25) is 9.69 Å². The number of carbonyl (C=O) groups excluding carboxylic acids is 1. The Balaban J connectivity index is 1.46. The second-order valence-electron chi connectivity index (χ2n) is 6.38. The monoisotopic (exact) mass is 281 g/mol. The van der Waals surface area contributed by atoms with Crippen molar-refractivity contribution in [2.45, 2.75) is 38.3 Å². The third-order valence-electron chi connectivity index (χ3n) is 5.21. The van der Waals surface area contributed by atoms with Gasteiger partial charge in [0, 0.05) is 37.6 Å². The molecule has 0 aromatic rings. The summed E-state index contributed by atoms with van der Waals surface area (Å²) in [7, 11) is 0. The Morgan fingerprint density at radius 1 is 1.25 bits per heavy atom. The zero-order valence-corrected chi connectivity index (χ0v) is 11.9. The molecule has 2 N–H and O–H groups in total. The van der Waals surface area contributed by atoms with Gasteiger partial charge in [-0.15, -0.1) is 0 Å². The molecule has 3 rings (SSSR count). The van der Waals surface area contributed by atoms with E-state index in [4.69, 9.17) is 5.11 Å². The fourth-order valence-corrected chi connectivity index (χ4v) is 3.70. The van der Waals surface area contributed by atoms with Gasteiger partial charge < -0.3 is 15.3 Å². The number of nitrogens with one attached hydrogen (secondary N) is 1. The molecule has 3 fully saturated rings. The van der Waals surface area contributed by atoms with Crippen molar-refractivity contribution in [3.8, 4) is 0 Å². The summed E-state index contributed by atoms with van der Waals surface area (Å²) in [4.78, 5) is 27.3. The van der Waals surface area contributed by atoms with Gasteiger partial charge in [-0.1, -0.05) is 6.92 Å². The predicted molar refractivity (Wildman–Crippen MR) is 73.4 cm³/mol. The molecule has 6 heteroatoms. The molecule has 0 saturated carbocycles. The lowest BCUT2D eigenvalue weighted by atomic mass is 9.87. The van der Waals surface area contributed by atoms with Crippen molar-refractivity contribution in [1.82, 2.24) is 15.1 Å². The molecule has 0 aromatic heterocycles. The quantitative estimate of drug-likeness (QED) is 0.794. The average molecular weight is 281 g/mol. The summed E-state index contributed by atoms with van der Waals surface area (Å²) in [6.07, 6.45) is 3.46. The Bertz CT molecular complexity index is 408. The number of hydrogen-bond acceptors (Lipinski definition) is 3. The number of rotatable bonds is 3. The van der Waals surface area contributed by atoms with Gasteiger partial charge in [0.2, 0.25) is 0 Å². The maximum atomic E-state index is 12.2. The van der Waals surface area contributed by atoms with E-state index in [1.807, 2.05) is 0 Å². The highest BCUT2D eigenvalue weighted by molar-refractivity contribution is 5.76. The van der Waals surface area contributed by atoms with E-state index in [-0.39, 0.29) is 23.9 Å². The Labute approximate surface area is 119 Å². The van der Waals surface area contributed by atoms with Gasteiger partial charge in [-0.25, -0.2) is 4.79 Å². The van der Waals surface area contributed by atoms with Crippen molar-refractivity contribution >= 4 is 12.0 Å². The van der Waals surface area contributed by atoms with Crippen molar-refractivity contribution < 1.29 is 14.7 Å². The molecule has 6 nitrogen and oxygen atoms in total. The highest BCUT2D eigenvalue weighted by Gasteiger charge is 2.41. The molecule has 3 unspecified atom stereocenters. The van der Waals surface area contributed by atoms with E-state index in [2.05, 4.69) is 10.2 Å². The van der Waals surface area contributed by atoms with E-state index in [1.165, 1.54) is 19.4 Å². The smallest absolute Gasteiger partial charge is 0.317 e. The van der Waals surface area contributed by atoms with Crippen molar-refractivity contribution in [3.63, 3.8) is 0 Å². The summed E-state index contributed by atoms with van der Waals surface area (Å²) in [5.74, 6) is -1.03. The molecule has 2 amide bonds. The Hall–Kier alpha value is -1.30. The van der Waals surface area contributed by atoms with Crippen LogP contribution in [0, 0.1) is 11.8 Å². The molecular weight excluding hydrogens is 258 g/mol. The minimum absolute atomic E-state index is 0.0161. The maximum absolute atomic E-state index is 12.2. The normalized spacial score (nSPS) is 31.8. The molecular formula is C14H23N3O3. The van der Waals surface area contributed by atoms with Crippen molar-refractivity contribution in [3.05, 3.63) is 0 Å². The van der Waals surface area contributed by atoms with Crippen molar-refractivity contribution in [1.29, 1.82) is 0 Å². The van der Waals surface area contributed by atoms with E-state index in [0.717, 1.165) is 13.0 Å². The lowest BCUT2D eigenvalue weighted by Gasteiger charge is -2.41. The van der Waals surface area contributed by atoms with Gasteiger partial charge in [0.25, 0.3) is 0 Å². The number of amides is 2. The van der Waals surface area contributed by atoms with E-state index in [1.54, 1.807) is 11.8 Å². The molecule has 3 saturated heterocycles. The number of fused-ring (bicyclic) bond motifs is 1. The number of carboxylic acid groups (broad SMARTS) is 1. The molecule has 20 heavy (non-hydrogen) atoms. The van der Waals surface area contributed by atoms with Gasteiger partial charge in [0.15, 0.2) is 0 Å². The minimum Gasteiger partial charge on any atom is -0.481 e. The number of nitrogens with zero attached hydrogens (tertiary/aromatic N) is 2. The van der Waals surface area contributed by atoms with E-state index in [0.29, 0.717) is 19.1 Å². The van der Waals surface area contributed by atoms with Gasteiger partial charge in [0.05, 0.1) is 5.92 Å². The lowest BCUT2D eigenvalue weighted by molar-refractivity contribution is -0.144. The van der Waals surface area contributed by atoms with Crippen LogP contribution in [0.15, 0.2) is 0 Å². The van der Waals surface area contributed by atoms with E-state index in [9.17, 15) is 9.59 Å². The van der Waals surface area contributed by atoms with Crippen LogP contribution in [0.5, 0.6) is 0 Å². The number of urea groups is 1. The maximum Gasteiger partial charge on any atom is 0.317 e. The fraction of sp³-hybridized carbons (Fsp3) is 0.857. The number of carboxylic acids is 1. The molecule has 3 aliphatic rings. The van der Waals surface area contributed by atoms with E-state index < -0.39 is 5.97 Å². The molecule has 0 radical (unpaired) electrons. The van der Waals surface area contributed by atoms with Crippen LogP contribution in [-0.2, 0) is 4.79 Å². The Morgan fingerprint density at radius 2 is 2.00 bits per heavy atom. The zero-order chi connectivity index (χ0) is 14.3. The summed E-state index contributed by atoms with van der Waals surface area (Å²) in [6, 6.07) is 0.785.